The van der Waals surface area contributed by atoms with Gasteiger partial charge in [-0.1, -0.05) is 0 Å². The molecule has 3 N–H and O–H groups in total. The molecule has 2 aromatic heterocycles. The van der Waals surface area contributed by atoms with Gasteiger partial charge in [-0.15, -0.1) is 10.2 Å². The number of hydrogen-bond acceptors (Lipinski definition) is 8. The van der Waals surface area contributed by atoms with Crippen molar-refractivity contribution >= 4 is 29.3 Å². The SMILES string of the molecule is O=C(CN1CCOC1=O)NCCNc1ccc(Nc2cccnc2)nn1. The van der Waals surface area contributed by atoms with E-state index in [1.807, 2.05) is 12.1 Å². The van der Waals surface area contributed by atoms with Gasteiger partial charge in [0.2, 0.25) is 5.91 Å². The molecule has 3 heterocycles. The minimum atomic E-state index is -0.450. The van der Waals surface area contributed by atoms with Crippen LogP contribution in [0.1, 0.15) is 0 Å². The second-order valence-corrected chi connectivity index (χ2v) is 5.48. The minimum absolute atomic E-state index is 0.00729. The number of aromatic nitrogens is 3. The molecule has 0 spiro atoms. The molecule has 136 valence electrons. The first kappa shape index (κ1) is 17.4. The van der Waals surface area contributed by atoms with Gasteiger partial charge in [-0.3, -0.25) is 14.7 Å². The first-order valence-corrected chi connectivity index (χ1v) is 8.14. The van der Waals surface area contributed by atoms with Crippen LogP contribution in [0.15, 0.2) is 36.7 Å². The van der Waals surface area contributed by atoms with Crippen LogP contribution in [0.2, 0.25) is 0 Å². The van der Waals surface area contributed by atoms with Crippen molar-refractivity contribution in [3.63, 3.8) is 0 Å². The highest BCUT2D eigenvalue weighted by molar-refractivity contribution is 5.82. The van der Waals surface area contributed by atoms with E-state index in [9.17, 15) is 9.59 Å². The Labute approximate surface area is 150 Å². The Hall–Kier alpha value is -3.43. The molecule has 0 radical (unpaired) electrons. The van der Waals surface area contributed by atoms with Crippen LogP contribution in [0.3, 0.4) is 0 Å². The lowest BCUT2D eigenvalue weighted by Gasteiger charge is -2.12. The molecular weight excluding hydrogens is 338 g/mol. The lowest BCUT2D eigenvalue weighted by atomic mass is 10.4. The molecule has 0 aliphatic carbocycles. The van der Waals surface area contributed by atoms with Crippen LogP contribution in [0.25, 0.3) is 0 Å². The number of rotatable bonds is 8. The Morgan fingerprint density at radius 3 is 2.73 bits per heavy atom. The number of pyridine rings is 1. The van der Waals surface area contributed by atoms with Gasteiger partial charge in [0.1, 0.15) is 19.0 Å². The summed E-state index contributed by atoms with van der Waals surface area (Å²) in [5.41, 5.74) is 0.826. The highest BCUT2D eigenvalue weighted by atomic mass is 16.6. The molecule has 1 aliphatic heterocycles. The van der Waals surface area contributed by atoms with Crippen LogP contribution in [-0.2, 0) is 9.53 Å². The molecule has 2 aromatic rings. The summed E-state index contributed by atoms with van der Waals surface area (Å²) in [5, 5.41) is 17.0. The maximum Gasteiger partial charge on any atom is 0.410 e. The number of carbonyl (C=O) groups is 2. The Balaban J connectivity index is 1.35. The Kier molecular flexibility index (Phi) is 5.76. The van der Waals surface area contributed by atoms with Crippen molar-refractivity contribution in [1.82, 2.24) is 25.4 Å². The monoisotopic (exact) mass is 357 g/mol. The van der Waals surface area contributed by atoms with E-state index in [4.69, 9.17) is 4.74 Å². The van der Waals surface area contributed by atoms with Crippen LogP contribution < -0.4 is 16.0 Å². The summed E-state index contributed by atoms with van der Waals surface area (Å²) >= 11 is 0. The summed E-state index contributed by atoms with van der Waals surface area (Å²) in [6.45, 7) is 1.67. The highest BCUT2D eigenvalue weighted by Gasteiger charge is 2.23. The molecule has 3 rings (SSSR count). The molecule has 0 bridgehead atoms. The molecule has 0 aromatic carbocycles. The molecule has 2 amide bonds. The molecule has 0 atom stereocenters. The summed E-state index contributed by atoms with van der Waals surface area (Å²) in [4.78, 5) is 28.4. The van der Waals surface area contributed by atoms with E-state index in [2.05, 4.69) is 31.1 Å². The molecule has 0 unspecified atom stereocenters. The average molecular weight is 357 g/mol. The third-order valence-electron chi connectivity index (χ3n) is 3.53. The van der Waals surface area contributed by atoms with Crippen molar-refractivity contribution in [1.29, 1.82) is 0 Å². The molecular formula is C16H19N7O3. The van der Waals surface area contributed by atoms with Crippen molar-refractivity contribution in [2.45, 2.75) is 0 Å². The van der Waals surface area contributed by atoms with Gasteiger partial charge in [-0.2, -0.15) is 0 Å². The Morgan fingerprint density at radius 2 is 2.04 bits per heavy atom. The van der Waals surface area contributed by atoms with E-state index < -0.39 is 6.09 Å². The summed E-state index contributed by atoms with van der Waals surface area (Å²) in [5.74, 6) is 0.973. The van der Waals surface area contributed by atoms with E-state index in [1.54, 1.807) is 24.5 Å². The van der Waals surface area contributed by atoms with Gasteiger partial charge in [0.25, 0.3) is 0 Å². The average Bonchev–Trinajstić information content (AvgIpc) is 3.06. The number of amides is 2. The van der Waals surface area contributed by atoms with Crippen molar-refractivity contribution in [3.05, 3.63) is 36.7 Å². The summed E-state index contributed by atoms with van der Waals surface area (Å²) in [6, 6.07) is 7.28. The van der Waals surface area contributed by atoms with Gasteiger partial charge in [0.15, 0.2) is 5.82 Å². The fraction of sp³-hybridized carbons (Fsp3) is 0.312. The number of ether oxygens (including phenoxy) is 1. The number of cyclic esters (lactones) is 1. The van der Waals surface area contributed by atoms with E-state index in [0.717, 1.165) is 5.69 Å². The molecule has 26 heavy (non-hydrogen) atoms. The van der Waals surface area contributed by atoms with Crippen LogP contribution in [0.5, 0.6) is 0 Å². The second-order valence-electron chi connectivity index (χ2n) is 5.48. The number of nitrogens with zero attached hydrogens (tertiary/aromatic N) is 4. The number of hydrogen-bond donors (Lipinski definition) is 3. The first-order chi connectivity index (χ1) is 12.7. The molecule has 10 nitrogen and oxygen atoms in total. The van der Waals surface area contributed by atoms with E-state index >= 15 is 0 Å². The zero-order chi connectivity index (χ0) is 18.2. The minimum Gasteiger partial charge on any atom is -0.448 e. The second kappa shape index (κ2) is 8.60. The highest BCUT2D eigenvalue weighted by Crippen LogP contribution is 2.12. The number of anilines is 3. The van der Waals surface area contributed by atoms with Gasteiger partial charge in [-0.25, -0.2) is 4.79 Å². The number of nitrogens with one attached hydrogen (secondary N) is 3. The molecule has 1 aliphatic rings. The van der Waals surface area contributed by atoms with Gasteiger partial charge in [0, 0.05) is 19.3 Å². The fourth-order valence-corrected chi connectivity index (χ4v) is 2.27. The molecule has 1 fully saturated rings. The van der Waals surface area contributed by atoms with Gasteiger partial charge >= 0.3 is 6.09 Å². The Bertz CT molecular complexity index is 739. The smallest absolute Gasteiger partial charge is 0.410 e. The fourth-order valence-electron chi connectivity index (χ4n) is 2.27. The van der Waals surface area contributed by atoms with Crippen molar-refractivity contribution in [2.75, 3.05) is 43.4 Å². The van der Waals surface area contributed by atoms with Crippen LogP contribution >= 0.6 is 0 Å². The molecule has 0 saturated carbocycles. The number of carbonyl (C=O) groups excluding carboxylic acids is 2. The maximum atomic E-state index is 11.7. The topological polar surface area (TPSA) is 121 Å². The maximum absolute atomic E-state index is 11.7. The third kappa shape index (κ3) is 5.03. The van der Waals surface area contributed by atoms with Crippen molar-refractivity contribution in [3.8, 4) is 0 Å². The molecule has 1 saturated heterocycles. The van der Waals surface area contributed by atoms with E-state index in [1.165, 1.54) is 4.90 Å². The van der Waals surface area contributed by atoms with Crippen molar-refractivity contribution < 1.29 is 14.3 Å². The largest absolute Gasteiger partial charge is 0.448 e. The van der Waals surface area contributed by atoms with E-state index in [-0.39, 0.29) is 12.5 Å². The van der Waals surface area contributed by atoms with Gasteiger partial charge < -0.3 is 20.7 Å². The molecule has 10 heteroatoms. The normalized spacial score (nSPS) is 13.2. The van der Waals surface area contributed by atoms with Crippen molar-refractivity contribution in [2.24, 2.45) is 0 Å². The standard InChI is InChI=1S/C16H19N7O3/c24-15(11-23-8-9-26-16(23)25)19-7-6-18-13-3-4-14(22-21-13)20-12-2-1-5-17-10-12/h1-5,10H,6-9,11H2,(H,18,21)(H,19,24)(H,20,22). The summed E-state index contributed by atoms with van der Waals surface area (Å²) < 4.78 is 4.77. The predicted molar refractivity (Wildman–Crippen MR) is 94.0 cm³/mol. The zero-order valence-corrected chi connectivity index (χ0v) is 14.0. The van der Waals surface area contributed by atoms with Crippen LogP contribution in [0.4, 0.5) is 22.1 Å². The zero-order valence-electron chi connectivity index (χ0n) is 14.0. The van der Waals surface area contributed by atoms with Crippen LogP contribution in [0, 0.1) is 0 Å². The third-order valence-corrected chi connectivity index (χ3v) is 3.53. The van der Waals surface area contributed by atoms with Gasteiger partial charge in [0.05, 0.1) is 18.4 Å². The predicted octanol–water partition coefficient (Wildman–Crippen LogP) is 0.595. The van der Waals surface area contributed by atoms with E-state index in [0.29, 0.717) is 37.9 Å². The lowest BCUT2D eigenvalue weighted by molar-refractivity contribution is -0.121. The van der Waals surface area contributed by atoms with Gasteiger partial charge in [-0.05, 0) is 24.3 Å². The summed E-state index contributed by atoms with van der Waals surface area (Å²) in [7, 11) is 0. The summed E-state index contributed by atoms with van der Waals surface area (Å²) in [6.07, 6.45) is 2.94. The quantitative estimate of drug-likeness (QED) is 0.587. The first-order valence-electron chi connectivity index (χ1n) is 8.14. The Morgan fingerprint density at radius 1 is 1.19 bits per heavy atom. The lowest BCUT2D eigenvalue weighted by Crippen LogP contribution is -2.39. The van der Waals surface area contributed by atoms with Crippen LogP contribution in [-0.4, -0.2) is 64.9 Å².